The normalized spacial score (nSPS) is 24.9. The molecule has 1 heterocycles. The van der Waals surface area contributed by atoms with Gasteiger partial charge in [-0.2, -0.15) is 0 Å². The molecule has 2 rings (SSSR count). The molecule has 0 atom stereocenters. The predicted octanol–water partition coefficient (Wildman–Crippen LogP) is 1.48. The average molecular weight is 210 g/mol. The molecule has 1 amide bonds. The van der Waals surface area contributed by atoms with Crippen LogP contribution in [0.4, 0.5) is 0 Å². The summed E-state index contributed by atoms with van der Waals surface area (Å²) in [5, 5.41) is 0. The molecule has 2 fully saturated rings. The van der Waals surface area contributed by atoms with Crippen LogP contribution in [0.2, 0.25) is 0 Å². The lowest BCUT2D eigenvalue weighted by molar-refractivity contribution is -0.137. The highest BCUT2D eigenvalue weighted by molar-refractivity contribution is 5.74. The van der Waals surface area contributed by atoms with Crippen molar-refractivity contribution in [2.45, 2.75) is 51.1 Å². The van der Waals surface area contributed by atoms with Crippen LogP contribution >= 0.6 is 0 Å². The van der Waals surface area contributed by atoms with Gasteiger partial charge in [0.15, 0.2) is 0 Å². The van der Waals surface area contributed by atoms with Gasteiger partial charge in [0.2, 0.25) is 5.91 Å². The number of amides is 1. The van der Waals surface area contributed by atoms with E-state index in [0.29, 0.717) is 12.1 Å². The third-order valence-corrected chi connectivity index (χ3v) is 3.91. The fraction of sp³-hybridized carbons (Fsp3) is 0.917. The minimum atomic E-state index is 0.286. The van der Waals surface area contributed by atoms with E-state index in [1.807, 2.05) is 0 Å². The van der Waals surface area contributed by atoms with Crippen molar-refractivity contribution in [3.63, 3.8) is 0 Å². The van der Waals surface area contributed by atoms with Crippen molar-refractivity contribution in [1.82, 2.24) is 9.80 Å². The number of nitrogens with zero attached hydrogens (tertiary/aromatic N) is 2. The Balaban J connectivity index is 1.95. The third kappa shape index (κ3) is 2.33. The second kappa shape index (κ2) is 4.52. The van der Waals surface area contributed by atoms with Crippen LogP contribution in [0.1, 0.15) is 39.0 Å². The molecule has 15 heavy (non-hydrogen) atoms. The Labute approximate surface area is 92.4 Å². The molecule has 0 radical (unpaired) electrons. The summed E-state index contributed by atoms with van der Waals surface area (Å²) in [6.45, 7) is 4.01. The molecule has 2 aliphatic rings. The molecule has 0 N–H and O–H groups in total. The number of hydrogen-bond donors (Lipinski definition) is 0. The van der Waals surface area contributed by atoms with Crippen LogP contribution in [-0.4, -0.2) is 47.9 Å². The fourth-order valence-electron chi connectivity index (χ4n) is 2.75. The van der Waals surface area contributed by atoms with E-state index >= 15 is 0 Å². The quantitative estimate of drug-likeness (QED) is 0.689. The molecule has 0 spiro atoms. The molecule has 3 nitrogen and oxygen atoms in total. The van der Waals surface area contributed by atoms with E-state index in [2.05, 4.69) is 16.8 Å². The lowest BCUT2D eigenvalue weighted by atomic mass is 9.88. The van der Waals surface area contributed by atoms with E-state index in [9.17, 15) is 4.79 Å². The van der Waals surface area contributed by atoms with Crippen molar-refractivity contribution in [2.75, 3.05) is 20.1 Å². The monoisotopic (exact) mass is 210 g/mol. The number of likely N-dealkylation sites (tertiary alicyclic amines) is 1. The first kappa shape index (κ1) is 10.9. The van der Waals surface area contributed by atoms with Crippen molar-refractivity contribution in [3.8, 4) is 0 Å². The molecule has 86 valence electrons. The molecule has 1 aliphatic heterocycles. The van der Waals surface area contributed by atoms with Gasteiger partial charge >= 0.3 is 0 Å². The number of rotatable bonds is 2. The number of carbonyl (C=O) groups excluding carboxylic acids is 1. The van der Waals surface area contributed by atoms with Gasteiger partial charge in [-0.1, -0.05) is 0 Å². The highest BCUT2D eigenvalue weighted by atomic mass is 16.2. The van der Waals surface area contributed by atoms with Gasteiger partial charge in [0.25, 0.3) is 0 Å². The van der Waals surface area contributed by atoms with Crippen molar-refractivity contribution < 1.29 is 4.79 Å². The minimum absolute atomic E-state index is 0.286. The van der Waals surface area contributed by atoms with Crippen LogP contribution in [0, 0.1) is 0 Å². The summed E-state index contributed by atoms with van der Waals surface area (Å²) in [5.74, 6) is 0.286. The van der Waals surface area contributed by atoms with Crippen molar-refractivity contribution in [3.05, 3.63) is 0 Å². The molecule has 0 unspecified atom stereocenters. The van der Waals surface area contributed by atoms with Gasteiger partial charge in [-0.3, -0.25) is 4.79 Å². The van der Waals surface area contributed by atoms with E-state index in [-0.39, 0.29) is 5.91 Å². The van der Waals surface area contributed by atoms with Crippen LogP contribution in [0.15, 0.2) is 0 Å². The summed E-state index contributed by atoms with van der Waals surface area (Å²) in [7, 11) is 2.16. The number of hydrogen-bond acceptors (Lipinski definition) is 2. The van der Waals surface area contributed by atoms with Gasteiger partial charge in [0, 0.05) is 19.0 Å². The SMILES string of the molecule is CC(=O)N(C1CCC1)C1CCN(C)CC1. The molecule has 0 aromatic heterocycles. The lowest BCUT2D eigenvalue weighted by Crippen LogP contribution is -2.52. The summed E-state index contributed by atoms with van der Waals surface area (Å²) < 4.78 is 0. The zero-order valence-corrected chi connectivity index (χ0v) is 9.91. The second-order valence-electron chi connectivity index (χ2n) is 5.05. The molecular formula is C12H22N2O. The summed E-state index contributed by atoms with van der Waals surface area (Å²) in [6.07, 6.45) is 6.08. The van der Waals surface area contributed by atoms with E-state index in [1.165, 1.54) is 19.3 Å². The van der Waals surface area contributed by atoms with Crippen LogP contribution in [0.25, 0.3) is 0 Å². The Kier molecular flexibility index (Phi) is 3.29. The zero-order valence-electron chi connectivity index (χ0n) is 9.91. The first-order valence-electron chi connectivity index (χ1n) is 6.16. The number of piperidine rings is 1. The van der Waals surface area contributed by atoms with Crippen molar-refractivity contribution in [2.24, 2.45) is 0 Å². The topological polar surface area (TPSA) is 23.6 Å². The zero-order chi connectivity index (χ0) is 10.8. The minimum Gasteiger partial charge on any atom is -0.337 e. The first-order chi connectivity index (χ1) is 7.18. The van der Waals surface area contributed by atoms with Crippen LogP contribution in [0.3, 0.4) is 0 Å². The van der Waals surface area contributed by atoms with E-state index in [0.717, 1.165) is 25.9 Å². The Bertz CT molecular complexity index is 230. The molecule has 1 aliphatic carbocycles. The van der Waals surface area contributed by atoms with Gasteiger partial charge in [0.05, 0.1) is 0 Å². The predicted molar refractivity (Wildman–Crippen MR) is 60.7 cm³/mol. The maximum Gasteiger partial charge on any atom is 0.219 e. The van der Waals surface area contributed by atoms with Gasteiger partial charge in [-0.25, -0.2) is 0 Å². The summed E-state index contributed by atoms with van der Waals surface area (Å²) in [5.41, 5.74) is 0. The van der Waals surface area contributed by atoms with Gasteiger partial charge in [0.1, 0.15) is 0 Å². The molecule has 0 bridgehead atoms. The Morgan fingerprint density at radius 2 is 1.67 bits per heavy atom. The lowest BCUT2D eigenvalue weighted by Gasteiger charge is -2.44. The summed E-state index contributed by atoms with van der Waals surface area (Å²) in [4.78, 5) is 16.2. The molecule has 1 saturated carbocycles. The second-order valence-corrected chi connectivity index (χ2v) is 5.05. The average Bonchev–Trinajstić information content (AvgIpc) is 2.12. The Hall–Kier alpha value is -0.570. The van der Waals surface area contributed by atoms with Crippen LogP contribution in [0.5, 0.6) is 0 Å². The highest BCUT2D eigenvalue weighted by Gasteiger charge is 2.33. The van der Waals surface area contributed by atoms with Gasteiger partial charge in [-0.05, 0) is 52.2 Å². The first-order valence-corrected chi connectivity index (χ1v) is 6.16. The van der Waals surface area contributed by atoms with Crippen molar-refractivity contribution >= 4 is 5.91 Å². The van der Waals surface area contributed by atoms with Crippen molar-refractivity contribution in [1.29, 1.82) is 0 Å². The van der Waals surface area contributed by atoms with E-state index < -0.39 is 0 Å². The van der Waals surface area contributed by atoms with Gasteiger partial charge < -0.3 is 9.80 Å². The maximum atomic E-state index is 11.7. The molecule has 0 aromatic rings. The van der Waals surface area contributed by atoms with Crippen LogP contribution in [-0.2, 0) is 4.79 Å². The molecule has 3 heteroatoms. The molecule has 1 saturated heterocycles. The summed E-state index contributed by atoms with van der Waals surface area (Å²) >= 11 is 0. The smallest absolute Gasteiger partial charge is 0.219 e. The largest absolute Gasteiger partial charge is 0.337 e. The third-order valence-electron chi connectivity index (χ3n) is 3.91. The van der Waals surface area contributed by atoms with E-state index in [4.69, 9.17) is 0 Å². The van der Waals surface area contributed by atoms with Gasteiger partial charge in [-0.15, -0.1) is 0 Å². The Morgan fingerprint density at radius 1 is 1.13 bits per heavy atom. The summed E-state index contributed by atoms with van der Waals surface area (Å²) in [6, 6.07) is 1.08. The Morgan fingerprint density at radius 3 is 2.07 bits per heavy atom. The van der Waals surface area contributed by atoms with Crippen LogP contribution < -0.4 is 0 Å². The van der Waals surface area contributed by atoms with E-state index in [1.54, 1.807) is 6.92 Å². The molecule has 0 aromatic carbocycles. The molecular weight excluding hydrogens is 188 g/mol. The highest BCUT2D eigenvalue weighted by Crippen LogP contribution is 2.29. The number of carbonyl (C=O) groups is 1. The fourth-order valence-corrected chi connectivity index (χ4v) is 2.75. The maximum absolute atomic E-state index is 11.7. The standard InChI is InChI=1S/C12H22N2O/c1-10(15)14(11-4-3-5-11)12-6-8-13(2)9-7-12/h11-12H,3-9H2,1-2H3.